The number of furan rings is 2. The Kier molecular flexibility index (Phi) is 6.09. The molecule has 0 aliphatic heterocycles. The van der Waals surface area contributed by atoms with E-state index in [0.717, 1.165) is 66.7 Å². The summed E-state index contributed by atoms with van der Waals surface area (Å²) in [6.45, 7) is 0. The van der Waals surface area contributed by atoms with Crippen molar-refractivity contribution in [1.82, 2.24) is 0 Å². The van der Waals surface area contributed by atoms with Crippen molar-refractivity contribution in [1.29, 1.82) is 0 Å². The van der Waals surface area contributed by atoms with Gasteiger partial charge in [0.2, 0.25) is 0 Å². The van der Waals surface area contributed by atoms with E-state index in [1.807, 2.05) is 28.7 Å². The molecule has 3 nitrogen and oxygen atoms in total. The molecule has 0 aliphatic carbocycles. The highest BCUT2D eigenvalue weighted by molar-refractivity contribution is 7.27. The first kappa shape index (κ1) is 29.2. The highest BCUT2D eigenvalue weighted by atomic mass is 32.1. The van der Waals surface area contributed by atoms with Crippen molar-refractivity contribution in [3.05, 3.63) is 164 Å². The number of fused-ring (bicyclic) bond motifs is 13. The molecule has 0 amide bonds. The lowest BCUT2D eigenvalue weighted by Gasteiger charge is -2.26. The average Bonchev–Trinajstić information content (AvgIpc) is 3.98. The van der Waals surface area contributed by atoms with Crippen molar-refractivity contribution in [2.75, 3.05) is 4.90 Å². The van der Waals surface area contributed by atoms with Crippen molar-refractivity contribution in [2.45, 2.75) is 0 Å². The Labute approximate surface area is 311 Å². The van der Waals surface area contributed by atoms with Crippen LogP contribution in [0.1, 0.15) is 0 Å². The van der Waals surface area contributed by atoms with Gasteiger partial charge < -0.3 is 13.7 Å². The van der Waals surface area contributed by atoms with Crippen molar-refractivity contribution >= 4 is 124 Å². The summed E-state index contributed by atoms with van der Waals surface area (Å²) < 4.78 is 18.3. The summed E-state index contributed by atoms with van der Waals surface area (Å²) in [6.07, 6.45) is 0. The maximum absolute atomic E-state index is 6.66. The fourth-order valence-electron chi connectivity index (χ4n) is 8.34. The topological polar surface area (TPSA) is 29.5 Å². The number of anilines is 3. The normalized spacial score (nSPS) is 12.2. The molecule has 0 atom stereocenters. The molecule has 53 heavy (non-hydrogen) atoms. The summed E-state index contributed by atoms with van der Waals surface area (Å²) in [7, 11) is 0. The second kappa shape index (κ2) is 11.1. The number of hydrogen-bond acceptors (Lipinski definition) is 5. The van der Waals surface area contributed by atoms with Gasteiger partial charge in [-0.05, 0) is 71.8 Å². The van der Waals surface area contributed by atoms with E-state index in [4.69, 9.17) is 8.83 Å². The first-order valence-corrected chi connectivity index (χ1v) is 19.4. The predicted molar refractivity (Wildman–Crippen MR) is 227 cm³/mol. The van der Waals surface area contributed by atoms with Crippen LogP contribution in [0.3, 0.4) is 0 Å². The average molecular weight is 714 g/mol. The molecule has 0 spiro atoms. The molecule has 0 saturated carbocycles. The molecule has 4 aromatic heterocycles. The number of hydrogen-bond donors (Lipinski definition) is 0. The van der Waals surface area contributed by atoms with Gasteiger partial charge in [-0.25, -0.2) is 0 Å². The third-order valence-electron chi connectivity index (χ3n) is 10.7. The van der Waals surface area contributed by atoms with E-state index in [9.17, 15) is 0 Å². The fourth-order valence-corrected chi connectivity index (χ4v) is 10.8. The molecule has 5 heteroatoms. The lowest BCUT2D eigenvalue weighted by molar-refractivity contribution is 0.669. The Morgan fingerprint density at radius 1 is 0.377 bits per heavy atom. The van der Waals surface area contributed by atoms with Gasteiger partial charge in [0.05, 0.1) is 16.1 Å². The molecular weight excluding hydrogens is 687 g/mol. The van der Waals surface area contributed by atoms with E-state index in [-0.39, 0.29) is 0 Å². The van der Waals surface area contributed by atoms with E-state index in [1.165, 1.54) is 45.7 Å². The molecule has 0 aliphatic rings. The number of para-hydroxylation sites is 2. The minimum Gasteiger partial charge on any atom is -0.456 e. The second-order valence-corrected chi connectivity index (χ2v) is 15.7. The molecule has 12 rings (SSSR count). The van der Waals surface area contributed by atoms with E-state index in [0.29, 0.717) is 0 Å². The van der Waals surface area contributed by atoms with Gasteiger partial charge in [-0.15, -0.1) is 22.7 Å². The van der Waals surface area contributed by atoms with E-state index >= 15 is 0 Å². The number of rotatable bonds is 4. The van der Waals surface area contributed by atoms with E-state index < -0.39 is 0 Å². The molecule has 0 N–H and O–H groups in total. The molecule has 12 aromatic rings. The molecule has 0 unspecified atom stereocenters. The molecular formula is C48H27NO2S2. The first-order valence-electron chi connectivity index (χ1n) is 17.7. The standard InChI is InChI=1S/C48H27NO2S2/c1-4-18-39-31(10-1)34-14-7-16-37(46(34)51-39)49(38-17-8-15-35-32-11-2-5-20-42(32)52-47(35)38)29-24-22-28(23-25-29)30-13-9-19-40-44(30)45-41(50-40)27-26-36-33-12-3-6-21-43(33)53-48(36)45/h1-27H. The zero-order chi connectivity index (χ0) is 34.6. The third kappa shape index (κ3) is 4.20. The van der Waals surface area contributed by atoms with Crippen molar-refractivity contribution < 1.29 is 8.83 Å². The Morgan fingerprint density at radius 2 is 0.981 bits per heavy atom. The van der Waals surface area contributed by atoms with Crippen molar-refractivity contribution in [3.8, 4) is 11.1 Å². The summed E-state index contributed by atoms with van der Waals surface area (Å²) in [5.41, 5.74) is 9.08. The maximum atomic E-state index is 6.66. The van der Waals surface area contributed by atoms with Gasteiger partial charge in [0.1, 0.15) is 16.7 Å². The largest absolute Gasteiger partial charge is 0.456 e. The monoisotopic (exact) mass is 713 g/mol. The summed E-state index contributed by atoms with van der Waals surface area (Å²) in [5.74, 6) is 0. The van der Waals surface area contributed by atoms with Gasteiger partial charge in [-0.2, -0.15) is 0 Å². The summed E-state index contributed by atoms with van der Waals surface area (Å²) in [6, 6.07) is 58.6. The zero-order valence-corrected chi connectivity index (χ0v) is 29.8. The third-order valence-corrected chi connectivity index (χ3v) is 13.1. The molecule has 4 heterocycles. The molecule has 0 bridgehead atoms. The highest BCUT2D eigenvalue weighted by Crippen LogP contribution is 2.49. The van der Waals surface area contributed by atoms with Crippen LogP contribution in [0.2, 0.25) is 0 Å². The minimum absolute atomic E-state index is 0.873. The van der Waals surface area contributed by atoms with Crippen molar-refractivity contribution in [3.63, 3.8) is 0 Å². The summed E-state index contributed by atoms with van der Waals surface area (Å²) in [4.78, 5) is 2.38. The molecule has 248 valence electrons. The van der Waals surface area contributed by atoms with E-state index in [1.54, 1.807) is 0 Å². The van der Waals surface area contributed by atoms with Gasteiger partial charge in [-0.1, -0.05) is 103 Å². The molecule has 8 aromatic carbocycles. The maximum Gasteiger partial charge on any atom is 0.159 e. The Bertz CT molecular complexity index is 3300. The lowest BCUT2D eigenvalue weighted by atomic mass is 9.98. The van der Waals surface area contributed by atoms with Crippen LogP contribution in [0, 0.1) is 0 Å². The number of nitrogens with zero attached hydrogens (tertiary/aromatic N) is 1. The van der Waals surface area contributed by atoms with E-state index in [2.05, 4.69) is 163 Å². The second-order valence-electron chi connectivity index (χ2n) is 13.6. The fraction of sp³-hybridized carbons (Fsp3) is 0. The van der Waals surface area contributed by atoms with Crippen LogP contribution < -0.4 is 4.90 Å². The van der Waals surface area contributed by atoms with Crippen LogP contribution in [0.15, 0.2) is 173 Å². The van der Waals surface area contributed by atoms with Gasteiger partial charge >= 0.3 is 0 Å². The smallest absolute Gasteiger partial charge is 0.159 e. The van der Waals surface area contributed by atoms with Crippen LogP contribution >= 0.6 is 22.7 Å². The minimum atomic E-state index is 0.873. The lowest BCUT2D eigenvalue weighted by Crippen LogP contribution is -2.10. The van der Waals surface area contributed by atoms with Crippen LogP contribution in [-0.2, 0) is 0 Å². The predicted octanol–water partition coefficient (Wildman–Crippen LogP) is 15.4. The Morgan fingerprint density at radius 3 is 1.79 bits per heavy atom. The van der Waals surface area contributed by atoms with Crippen LogP contribution in [0.4, 0.5) is 17.1 Å². The quantitative estimate of drug-likeness (QED) is 0.182. The number of thiophene rings is 2. The van der Waals surface area contributed by atoms with Gasteiger partial charge in [0.25, 0.3) is 0 Å². The highest BCUT2D eigenvalue weighted by Gasteiger charge is 2.23. The van der Waals surface area contributed by atoms with Gasteiger partial charge in [0.15, 0.2) is 5.58 Å². The van der Waals surface area contributed by atoms with Crippen LogP contribution in [0.5, 0.6) is 0 Å². The first-order chi connectivity index (χ1) is 26.3. The summed E-state index contributed by atoms with van der Waals surface area (Å²) in [5, 5.41) is 9.67. The number of benzene rings is 8. The van der Waals surface area contributed by atoms with Crippen LogP contribution in [-0.4, -0.2) is 0 Å². The van der Waals surface area contributed by atoms with Gasteiger partial charge in [0, 0.05) is 62.9 Å². The zero-order valence-electron chi connectivity index (χ0n) is 28.2. The molecule has 0 fully saturated rings. The van der Waals surface area contributed by atoms with Crippen molar-refractivity contribution in [2.24, 2.45) is 0 Å². The van der Waals surface area contributed by atoms with Crippen LogP contribution in [0.25, 0.3) is 95.3 Å². The summed E-state index contributed by atoms with van der Waals surface area (Å²) >= 11 is 3.69. The molecule has 0 saturated heterocycles. The Hall–Kier alpha value is -6.40. The molecule has 0 radical (unpaired) electrons. The SMILES string of the molecule is c1ccc2c(c1)oc1c(N(c3ccc(-c4cccc5oc6ccc7c8ccccc8sc7c6c45)cc3)c3cccc4c3sc3ccccc34)cccc12. The van der Waals surface area contributed by atoms with Gasteiger partial charge in [-0.3, -0.25) is 0 Å². The Balaban J connectivity index is 1.09.